The van der Waals surface area contributed by atoms with Crippen molar-refractivity contribution in [1.82, 2.24) is 9.78 Å². The number of aryl methyl sites for hydroxylation is 2. The Bertz CT molecular complexity index is 380. The third-order valence-electron chi connectivity index (χ3n) is 2.61. The van der Waals surface area contributed by atoms with Crippen molar-refractivity contribution in [1.29, 1.82) is 0 Å². The van der Waals surface area contributed by atoms with E-state index in [1.807, 2.05) is 11.7 Å². The van der Waals surface area contributed by atoms with Crippen LogP contribution in [0, 0.1) is 0 Å². The molecule has 0 radical (unpaired) electrons. The Morgan fingerprint density at radius 1 is 1.56 bits per heavy atom. The summed E-state index contributed by atoms with van der Waals surface area (Å²) in [5, 5.41) is 5.21. The van der Waals surface area contributed by atoms with E-state index in [4.69, 9.17) is 17.3 Å². The molecular formula is C12H20ClN3. The molecular weight excluding hydrogens is 222 g/mol. The molecule has 1 rings (SSSR count). The van der Waals surface area contributed by atoms with E-state index in [2.05, 4.69) is 25.0 Å². The molecule has 1 heterocycles. The number of hydrogen-bond donors (Lipinski definition) is 1. The number of halogens is 1. The van der Waals surface area contributed by atoms with Crippen LogP contribution in [0.4, 0.5) is 0 Å². The highest BCUT2D eigenvalue weighted by molar-refractivity contribution is 6.31. The van der Waals surface area contributed by atoms with Gasteiger partial charge in [-0.2, -0.15) is 5.10 Å². The first-order valence-corrected chi connectivity index (χ1v) is 6.03. The van der Waals surface area contributed by atoms with Gasteiger partial charge < -0.3 is 5.73 Å². The lowest BCUT2D eigenvalue weighted by molar-refractivity contribution is 0.707. The summed E-state index contributed by atoms with van der Waals surface area (Å²) in [5.41, 5.74) is 8.82. The molecule has 2 N–H and O–H groups in total. The molecule has 4 heteroatoms. The Labute approximate surface area is 102 Å². The summed E-state index contributed by atoms with van der Waals surface area (Å²) in [7, 11) is 1.94. The van der Waals surface area contributed by atoms with Gasteiger partial charge in [0.25, 0.3) is 0 Å². The smallest absolute Gasteiger partial charge is 0.0853 e. The highest BCUT2D eigenvalue weighted by Crippen LogP contribution is 2.23. The lowest BCUT2D eigenvalue weighted by Crippen LogP contribution is -2.01. The van der Waals surface area contributed by atoms with Gasteiger partial charge in [-0.3, -0.25) is 4.68 Å². The summed E-state index contributed by atoms with van der Waals surface area (Å²) in [5.74, 6) is 0. The quantitative estimate of drug-likeness (QED) is 0.805. The SMILES string of the molecule is CCc1nn(C)c(CC(C)=CCCN)c1Cl. The average Bonchev–Trinajstić information content (AvgIpc) is 2.53. The van der Waals surface area contributed by atoms with Crippen LogP contribution < -0.4 is 5.73 Å². The molecule has 0 unspecified atom stereocenters. The first-order valence-electron chi connectivity index (χ1n) is 5.66. The van der Waals surface area contributed by atoms with Crippen molar-refractivity contribution in [2.24, 2.45) is 12.8 Å². The van der Waals surface area contributed by atoms with Gasteiger partial charge in [-0.15, -0.1) is 0 Å². The number of allylic oxidation sites excluding steroid dienone is 1. The summed E-state index contributed by atoms with van der Waals surface area (Å²) >= 11 is 6.27. The van der Waals surface area contributed by atoms with Crippen molar-refractivity contribution in [2.45, 2.75) is 33.1 Å². The lowest BCUT2D eigenvalue weighted by Gasteiger charge is -2.03. The van der Waals surface area contributed by atoms with E-state index in [1.165, 1.54) is 5.57 Å². The van der Waals surface area contributed by atoms with Crippen molar-refractivity contribution in [3.8, 4) is 0 Å². The number of aromatic nitrogens is 2. The molecule has 16 heavy (non-hydrogen) atoms. The first-order chi connectivity index (χ1) is 7.60. The molecule has 0 amide bonds. The van der Waals surface area contributed by atoms with Gasteiger partial charge in [0.05, 0.1) is 16.4 Å². The zero-order valence-electron chi connectivity index (χ0n) is 10.3. The van der Waals surface area contributed by atoms with E-state index >= 15 is 0 Å². The largest absolute Gasteiger partial charge is 0.330 e. The topological polar surface area (TPSA) is 43.8 Å². The normalized spacial score (nSPS) is 12.2. The minimum Gasteiger partial charge on any atom is -0.330 e. The summed E-state index contributed by atoms with van der Waals surface area (Å²) in [6, 6.07) is 0. The van der Waals surface area contributed by atoms with Gasteiger partial charge >= 0.3 is 0 Å². The van der Waals surface area contributed by atoms with E-state index in [0.717, 1.165) is 35.7 Å². The van der Waals surface area contributed by atoms with E-state index in [1.54, 1.807) is 0 Å². The molecule has 0 atom stereocenters. The van der Waals surface area contributed by atoms with Gasteiger partial charge in [0.1, 0.15) is 0 Å². The van der Waals surface area contributed by atoms with Crippen LogP contribution >= 0.6 is 11.6 Å². The highest BCUT2D eigenvalue weighted by Gasteiger charge is 2.12. The van der Waals surface area contributed by atoms with Crippen molar-refractivity contribution in [2.75, 3.05) is 6.54 Å². The van der Waals surface area contributed by atoms with Gasteiger partial charge in [-0.1, -0.05) is 30.2 Å². The minimum atomic E-state index is 0.691. The Kier molecular flexibility index (Phi) is 5.03. The predicted octanol–water partition coefficient (Wildman–Crippen LogP) is 2.47. The third-order valence-corrected chi connectivity index (χ3v) is 3.04. The molecule has 0 aromatic carbocycles. The molecule has 1 aromatic heterocycles. The van der Waals surface area contributed by atoms with Crippen LogP contribution in [0.3, 0.4) is 0 Å². The number of nitrogens with zero attached hydrogens (tertiary/aromatic N) is 2. The third kappa shape index (κ3) is 3.09. The Morgan fingerprint density at radius 3 is 2.75 bits per heavy atom. The van der Waals surface area contributed by atoms with Crippen LogP contribution in [0.2, 0.25) is 5.02 Å². The number of rotatable bonds is 5. The average molecular weight is 242 g/mol. The van der Waals surface area contributed by atoms with Gasteiger partial charge in [-0.25, -0.2) is 0 Å². The second-order valence-corrected chi connectivity index (χ2v) is 4.37. The monoisotopic (exact) mass is 241 g/mol. The van der Waals surface area contributed by atoms with E-state index in [-0.39, 0.29) is 0 Å². The fourth-order valence-corrected chi connectivity index (χ4v) is 2.04. The summed E-state index contributed by atoms with van der Waals surface area (Å²) in [4.78, 5) is 0. The Balaban J connectivity index is 2.84. The number of nitrogens with two attached hydrogens (primary N) is 1. The molecule has 0 saturated carbocycles. The van der Waals surface area contributed by atoms with E-state index < -0.39 is 0 Å². The summed E-state index contributed by atoms with van der Waals surface area (Å²) in [6.07, 6.45) is 4.80. The molecule has 0 fully saturated rings. The van der Waals surface area contributed by atoms with Crippen LogP contribution in [0.5, 0.6) is 0 Å². The van der Waals surface area contributed by atoms with E-state index in [0.29, 0.717) is 6.54 Å². The maximum atomic E-state index is 6.27. The van der Waals surface area contributed by atoms with Crippen molar-refractivity contribution in [3.05, 3.63) is 28.1 Å². The Morgan fingerprint density at radius 2 is 2.25 bits per heavy atom. The highest BCUT2D eigenvalue weighted by atomic mass is 35.5. The van der Waals surface area contributed by atoms with Crippen LogP contribution in [-0.2, 0) is 19.9 Å². The van der Waals surface area contributed by atoms with Crippen LogP contribution in [0.25, 0.3) is 0 Å². The predicted molar refractivity (Wildman–Crippen MR) is 68.7 cm³/mol. The molecule has 90 valence electrons. The van der Waals surface area contributed by atoms with Crippen LogP contribution in [0.15, 0.2) is 11.6 Å². The molecule has 0 spiro atoms. The molecule has 1 aromatic rings. The molecule has 0 aliphatic heterocycles. The first kappa shape index (κ1) is 13.3. The summed E-state index contributed by atoms with van der Waals surface area (Å²) < 4.78 is 1.88. The molecule has 0 aliphatic rings. The van der Waals surface area contributed by atoms with Crippen molar-refractivity contribution >= 4 is 11.6 Å². The lowest BCUT2D eigenvalue weighted by atomic mass is 10.1. The van der Waals surface area contributed by atoms with Gasteiger partial charge in [-0.05, 0) is 26.3 Å². The maximum Gasteiger partial charge on any atom is 0.0853 e. The summed E-state index contributed by atoms with van der Waals surface area (Å²) in [6.45, 7) is 4.86. The van der Waals surface area contributed by atoms with E-state index in [9.17, 15) is 0 Å². The molecule has 3 nitrogen and oxygen atoms in total. The van der Waals surface area contributed by atoms with Gasteiger partial charge in [0, 0.05) is 13.5 Å². The maximum absolute atomic E-state index is 6.27. The Hall–Kier alpha value is -0.800. The van der Waals surface area contributed by atoms with Gasteiger partial charge in [0.15, 0.2) is 0 Å². The number of hydrogen-bond acceptors (Lipinski definition) is 2. The minimum absolute atomic E-state index is 0.691. The molecule has 0 saturated heterocycles. The van der Waals surface area contributed by atoms with Gasteiger partial charge in [0.2, 0.25) is 0 Å². The zero-order chi connectivity index (χ0) is 12.1. The fourth-order valence-electron chi connectivity index (χ4n) is 1.68. The second-order valence-electron chi connectivity index (χ2n) is 3.99. The van der Waals surface area contributed by atoms with Crippen molar-refractivity contribution in [3.63, 3.8) is 0 Å². The standard InChI is InChI=1S/C12H20ClN3/c1-4-10-12(13)11(16(3)15-10)8-9(2)6-5-7-14/h6H,4-5,7-8,14H2,1-3H3. The zero-order valence-corrected chi connectivity index (χ0v) is 11.0. The van der Waals surface area contributed by atoms with Crippen molar-refractivity contribution < 1.29 is 0 Å². The molecule has 0 aliphatic carbocycles. The fraction of sp³-hybridized carbons (Fsp3) is 0.583. The van der Waals surface area contributed by atoms with Crippen LogP contribution in [-0.4, -0.2) is 16.3 Å². The second kappa shape index (κ2) is 6.06. The van der Waals surface area contributed by atoms with Crippen LogP contribution in [0.1, 0.15) is 31.7 Å². The molecule has 0 bridgehead atoms.